The Hall–Kier alpha value is -4.82. The van der Waals surface area contributed by atoms with E-state index in [-0.39, 0.29) is 42.1 Å². The van der Waals surface area contributed by atoms with Crippen molar-refractivity contribution in [3.8, 4) is 45.0 Å². The van der Waals surface area contributed by atoms with Crippen LogP contribution in [0, 0.1) is 24.3 Å². The minimum Gasteiger partial charge on any atom is -0.572 e. The Balaban J connectivity index is 0.000000164. The van der Waals surface area contributed by atoms with Gasteiger partial charge in [0.05, 0.1) is 0 Å². The second kappa shape index (κ2) is 18.4. The molecule has 232 valence electrons. The maximum absolute atomic E-state index is 5.03. The van der Waals surface area contributed by atoms with Gasteiger partial charge < -0.3 is 4.42 Å². The summed E-state index contributed by atoms with van der Waals surface area (Å²) in [5.74, 6) is 0. The third-order valence-corrected chi connectivity index (χ3v) is 6.56. The van der Waals surface area contributed by atoms with Crippen LogP contribution in [0.2, 0.25) is 0 Å². The van der Waals surface area contributed by atoms with Crippen molar-refractivity contribution >= 4 is 11.0 Å². The molecule has 0 fully saturated rings. The fourth-order valence-corrected chi connectivity index (χ4v) is 4.41. The Morgan fingerprint density at radius 1 is 0.404 bits per heavy atom. The molecule has 3 aromatic carbocycles. The molecule has 5 heterocycles. The molecule has 7 heteroatoms. The van der Waals surface area contributed by atoms with E-state index in [9.17, 15) is 0 Å². The summed E-state index contributed by atoms with van der Waals surface area (Å²) in [5, 5.41) is 0.914. The minimum atomic E-state index is 0. The normalized spacial score (nSPS) is 9.79. The molecule has 0 saturated carbocycles. The number of rotatable bonds is 4. The summed E-state index contributed by atoms with van der Waals surface area (Å²) in [6, 6.07) is 53.7. The molecule has 8 rings (SSSR count). The summed E-state index contributed by atoms with van der Waals surface area (Å²) in [6.07, 6.45) is 8.70. The molecule has 0 aliphatic rings. The summed E-state index contributed by atoms with van der Waals surface area (Å²) in [7, 11) is 0. The number of furan rings is 1. The summed E-state index contributed by atoms with van der Waals surface area (Å²) in [5.41, 5.74) is 8.49. The second-order valence-electron chi connectivity index (χ2n) is 9.61. The summed E-state index contributed by atoms with van der Waals surface area (Å²) in [4.78, 5) is 17.3. The van der Waals surface area contributed by atoms with Crippen molar-refractivity contribution in [2.75, 3.05) is 0 Å². The van der Waals surface area contributed by atoms with Gasteiger partial charge >= 0.3 is 42.1 Å². The van der Waals surface area contributed by atoms with Crippen LogP contribution >= 0.6 is 0 Å². The first-order chi connectivity index (χ1) is 22.3. The quantitative estimate of drug-likeness (QED) is 0.165. The third kappa shape index (κ3) is 9.83. The van der Waals surface area contributed by atoms with Crippen LogP contribution in [-0.2, 0) is 42.1 Å². The van der Waals surface area contributed by atoms with Crippen LogP contribution in [0.5, 0.6) is 0 Å². The topological polar surface area (TPSA) is 64.7 Å². The maximum Gasteiger partial charge on any atom is 2.00 e. The Morgan fingerprint density at radius 2 is 0.809 bits per heavy atom. The fraction of sp³-hybridized carbons (Fsp3) is 0. The largest absolute Gasteiger partial charge is 2.00 e. The number of benzene rings is 3. The first-order valence-electron chi connectivity index (χ1n) is 14.3. The first kappa shape index (κ1) is 35.0. The van der Waals surface area contributed by atoms with Crippen molar-refractivity contribution in [2.45, 2.75) is 0 Å². The van der Waals surface area contributed by atoms with Crippen LogP contribution in [0.4, 0.5) is 0 Å². The average Bonchev–Trinajstić information content (AvgIpc) is 3.63. The van der Waals surface area contributed by atoms with Crippen LogP contribution in [0.3, 0.4) is 0 Å². The Labute approximate surface area is 303 Å². The van der Waals surface area contributed by atoms with Gasteiger partial charge in [-0.1, -0.05) is 76.4 Å². The fourth-order valence-electron chi connectivity index (χ4n) is 4.41. The van der Waals surface area contributed by atoms with Gasteiger partial charge in [-0.05, 0) is 30.5 Å². The van der Waals surface area contributed by atoms with E-state index in [1.807, 2.05) is 127 Å². The van der Waals surface area contributed by atoms with E-state index in [2.05, 4.69) is 44.2 Å². The number of aromatic nitrogens is 4. The van der Waals surface area contributed by atoms with E-state index in [4.69, 9.17) is 4.42 Å². The number of hydrogen-bond acceptors (Lipinski definition) is 5. The zero-order chi connectivity index (χ0) is 30.5. The first-order valence-corrected chi connectivity index (χ1v) is 14.3. The average molecular weight is 969 g/mol. The van der Waals surface area contributed by atoms with Gasteiger partial charge in [0.1, 0.15) is 0 Å². The predicted molar refractivity (Wildman–Crippen MR) is 177 cm³/mol. The monoisotopic (exact) mass is 968 g/mol. The van der Waals surface area contributed by atoms with E-state index in [1.165, 1.54) is 0 Å². The summed E-state index contributed by atoms with van der Waals surface area (Å²) in [6.45, 7) is 0. The van der Waals surface area contributed by atoms with Crippen LogP contribution in [-0.4, -0.2) is 19.9 Å². The molecule has 0 radical (unpaired) electrons. The molecule has 0 saturated heterocycles. The molecular formula is C40H26N4OPt2. The molecule has 0 aliphatic heterocycles. The zero-order valence-corrected chi connectivity index (χ0v) is 29.4. The van der Waals surface area contributed by atoms with Gasteiger partial charge in [-0.25, -0.2) is 23.6 Å². The molecule has 0 spiro atoms. The molecule has 0 bridgehead atoms. The van der Waals surface area contributed by atoms with Gasteiger partial charge in [-0.3, -0.25) is 26.0 Å². The molecule has 0 amide bonds. The van der Waals surface area contributed by atoms with Crippen molar-refractivity contribution in [3.63, 3.8) is 0 Å². The van der Waals surface area contributed by atoms with Crippen molar-refractivity contribution in [1.82, 2.24) is 19.9 Å². The molecular weight excluding hydrogens is 943 g/mol. The van der Waals surface area contributed by atoms with E-state index in [1.54, 1.807) is 31.1 Å². The van der Waals surface area contributed by atoms with Gasteiger partial charge in [0.15, 0.2) is 0 Å². The molecule has 0 unspecified atom stereocenters. The van der Waals surface area contributed by atoms with Gasteiger partial charge in [0.2, 0.25) is 0 Å². The maximum atomic E-state index is 5.03. The Kier molecular flexibility index (Phi) is 13.7. The minimum absolute atomic E-state index is 0. The van der Waals surface area contributed by atoms with Gasteiger partial charge in [0, 0.05) is 47.6 Å². The molecule has 0 N–H and O–H groups in total. The van der Waals surface area contributed by atoms with Crippen molar-refractivity contribution < 1.29 is 46.5 Å². The van der Waals surface area contributed by atoms with Crippen molar-refractivity contribution in [2.24, 2.45) is 0 Å². The Morgan fingerprint density at radius 3 is 1.15 bits per heavy atom. The zero-order valence-electron chi connectivity index (χ0n) is 24.8. The number of nitrogens with zero attached hydrogens (tertiary/aromatic N) is 4. The van der Waals surface area contributed by atoms with Crippen LogP contribution in [0.1, 0.15) is 0 Å². The second-order valence-corrected chi connectivity index (χ2v) is 9.61. The van der Waals surface area contributed by atoms with Crippen LogP contribution < -0.4 is 0 Å². The van der Waals surface area contributed by atoms with E-state index >= 15 is 0 Å². The Bertz CT molecular complexity index is 1800. The van der Waals surface area contributed by atoms with Crippen molar-refractivity contribution in [1.29, 1.82) is 0 Å². The molecule has 5 nitrogen and oxygen atoms in total. The van der Waals surface area contributed by atoms with Crippen LogP contribution in [0.25, 0.3) is 56.0 Å². The SMILES string of the molecule is [Pt+2].[Pt+2].[c-]1c(-c2ccccn2)cccc1-c1ccccn1.[c-]1c(-c2ccccn2)cccc1-c1ccccn1.[c-]1cccc2oc[c-]c12. The van der Waals surface area contributed by atoms with E-state index < -0.39 is 0 Å². The van der Waals surface area contributed by atoms with Gasteiger partial charge in [0.25, 0.3) is 0 Å². The standard InChI is InChI=1S/2C16H11N2.C8H4O.2Pt/c2*1-3-10-17-15(8-1)13-6-5-7-14(12-13)16-9-2-4-11-18-16;1-2-4-8-7(3-1)5-6-9-8;;/h2*1-11H;1-2,4,6H;;/q2*-1;-2;2*+2. The number of hydrogen-bond donors (Lipinski definition) is 0. The molecule has 47 heavy (non-hydrogen) atoms. The van der Waals surface area contributed by atoms with Gasteiger partial charge in [-0.15, -0.1) is 48.5 Å². The smallest absolute Gasteiger partial charge is 0.572 e. The molecule has 0 aliphatic carbocycles. The van der Waals surface area contributed by atoms with E-state index in [0.717, 1.165) is 56.0 Å². The van der Waals surface area contributed by atoms with Gasteiger partial charge in [-0.2, -0.15) is 6.07 Å². The molecule has 5 aromatic heterocycles. The van der Waals surface area contributed by atoms with E-state index in [0.29, 0.717) is 0 Å². The summed E-state index contributed by atoms with van der Waals surface area (Å²) >= 11 is 0. The summed E-state index contributed by atoms with van der Waals surface area (Å²) < 4.78 is 5.03. The number of pyridine rings is 4. The third-order valence-electron chi connectivity index (χ3n) is 6.56. The van der Waals surface area contributed by atoms with Crippen LogP contribution in [0.15, 0.2) is 163 Å². The molecule has 8 aromatic rings. The number of fused-ring (bicyclic) bond motifs is 1. The predicted octanol–water partition coefficient (Wildman–Crippen LogP) is 9.25. The van der Waals surface area contributed by atoms with Crippen molar-refractivity contribution in [3.05, 3.63) is 183 Å². The molecule has 0 atom stereocenters.